The number of nitrogens with one attached hydrogen (secondary N) is 1. The molecule has 4 rings (SSSR count). The Bertz CT molecular complexity index is 1040. The Hall–Kier alpha value is -2.82. The molecule has 3 aromatic heterocycles. The average molecular weight is 320 g/mol. The summed E-state index contributed by atoms with van der Waals surface area (Å²) in [5, 5.41) is 3.19. The van der Waals surface area contributed by atoms with Crippen LogP contribution in [0.3, 0.4) is 0 Å². The van der Waals surface area contributed by atoms with E-state index < -0.39 is 0 Å². The molecule has 0 fully saturated rings. The Kier molecular flexibility index (Phi) is 3.30. The first-order valence-corrected chi connectivity index (χ1v) is 8.14. The van der Waals surface area contributed by atoms with Crippen molar-refractivity contribution >= 4 is 22.8 Å². The quantitative estimate of drug-likeness (QED) is 0.600. The van der Waals surface area contributed by atoms with Gasteiger partial charge in [0.25, 0.3) is 6.01 Å². The maximum atomic E-state index is 5.73. The Morgan fingerprint density at radius 3 is 2.71 bits per heavy atom. The van der Waals surface area contributed by atoms with Crippen molar-refractivity contribution in [2.75, 3.05) is 5.32 Å². The van der Waals surface area contributed by atoms with E-state index in [1.54, 1.807) is 0 Å². The second kappa shape index (κ2) is 5.37. The highest BCUT2D eigenvalue weighted by Gasteiger charge is 2.13. The van der Waals surface area contributed by atoms with Crippen molar-refractivity contribution in [1.82, 2.24) is 14.4 Å². The molecule has 0 unspecified atom stereocenters. The number of hydrogen-bond donors (Lipinski definition) is 1. The summed E-state index contributed by atoms with van der Waals surface area (Å²) in [6.45, 7) is 8.28. The minimum absolute atomic E-state index is 0.279. The van der Waals surface area contributed by atoms with Gasteiger partial charge in [0, 0.05) is 23.5 Å². The zero-order valence-electron chi connectivity index (χ0n) is 14.3. The van der Waals surface area contributed by atoms with Crippen LogP contribution in [0.15, 0.2) is 40.9 Å². The van der Waals surface area contributed by atoms with Gasteiger partial charge in [-0.25, -0.2) is 4.98 Å². The molecule has 122 valence electrons. The lowest BCUT2D eigenvalue weighted by Gasteiger charge is -2.02. The molecule has 24 heavy (non-hydrogen) atoms. The number of fused-ring (bicyclic) bond motifs is 2. The summed E-state index contributed by atoms with van der Waals surface area (Å²) in [4.78, 5) is 9.32. The standard InChI is InChI=1S/C19H20N4O/c1-11(2)20-19-21-15-10-14(5-6-16(15)24-19)18-13(4)23-8-7-12(3)9-17(23)22-18/h5-11H,1-4H3,(H,20,21). The molecule has 5 heteroatoms. The van der Waals surface area contributed by atoms with Gasteiger partial charge < -0.3 is 14.1 Å². The number of rotatable bonds is 3. The maximum Gasteiger partial charge on any atom is 0.295 e. The van der Waals surface area contributed by atoms with Crippen molar-refractivity contribution in [3.63, 3.8) is 0 Å². The van der Waals surface area contributed by atoms with E-state index in [2.05, 4.69) is 60.7 Å². The van der Waals surface area contributed by atoms with E-state index >= 15 is 0 Å². The molecule has 3 heterocycles. The van der Waals surface area contributed by atoms with E-state index in [9.17, 15) is 0 Å². The number of aromatic nitrogens is 3. The average Bonchev–Trinajstić information content (AvgIpc) is 3.06. The summed E-state index contributed by atoms with van der Waals surface area (Å²) in [6.07, 6.45) is 2.07. The summed E-state index contributed by atoms with van der Waals surface area (Å²) in [5.41, 5.74) is 6.92. The number of anilines is 1. The van der Waals surface area contributed by atoms with Crippen molar-refractivity contribution in [2.45, 2.75) is 33.7 Å². The number of hydrogen-bond acceptors (Lipinski definition) is 4. The van der Waals surface area contributed by atoms with Crippen LogP contribution in [0, 0.1) is 13.8 Å². The highest BCUT2D eigenvalue weighted by atomic mass is 16.4. The third-order valence-corrected chi connectivity index (χ3v) is 4.09. The van der Waals surface area contributed by atoms with Crippen molar-refractivity contribution < 1.29 is 4.42 Å². The number of aryl methyl sites for hydroxylation is 2. The van der Waals surface area contributed by atoms with E-state index in [0.717, 1.165) is 33.7 Å². The van der Waals surface area contributed by atoms with Gasteiger partial charge in [0.05, 0.1) is 5.69 Å². The van der Waals surface area contributed by atoms with Crippen LogP contribution in [-0.4, -0.2) is 20.4 Å². The summed E-state index contributed by atoms with van der Waals surface area (Å²) >= 11 is 0. The summed E-state index contributed by atoms with van der Waals surface area (Å²) in [5.74, 6) is 0. The molecular weight excluding hydrogens is 300 g/mol. The number of benzene rings is 1. The van der Waals surface area contributed by atoms with Crippen molar-refractivity contribution in [1.29, 1.82) is 0 Å². The van der Waals surface area contributed by atoms with Gasteiger partial charge in [-0.05, 0) is 63.6 Å². The first-order chi connectivity index (χ1) is 11.5. The van der Waals surface area contributed by atoms with Crippen LogP contribution in [0.2, 0.25) is 0 Å². The molecule has 0 saturated carbocycles. The second-order valence-electron chi connectivity index (χ2n) is 6.48. The van der Waals surface area contributed by atoms with Gasteiger partial charge in [0.2, 0.25) is 0 Å². The molecule has 0 atom stereocenters. The Morgan fingerprint density at radius 2 is 1.92 bits per heavy atom. The van der Waals surface area contributed by atoms with Crippen LogP contribution in [0.25, 0.3) is 28.0 Å². The van der Waals surface area contributed by atoms with Crippen LogP contribution in [0.5, 0.6) is 0 Å². The van der Waals surface area contributed by atoms with E-state index in [1.165, 1.54) is 5.56 Å². The van der Waals surface area contributed by atoms with Crippen molar-refractivity contribution in [3.05, 3.63) is 47.8 Å². The minimum atomic E-state index is 0.279. The zero-order chi connectivity index (χ0) is 16.8. The van der Waals surface area contributed by atoms with Crippen LogP contribution >= 0.6 is 0 Å². The number of imidazole rings is 1. The van der Waals surface area contributed by atoms with Gasteiger partial charge in [-0.2, -0.15) is 4.98 Å². The van der Waals surface area contributed by atoms with Gasteiger partial charge in [0.15, 0.2) is 5.58 Å². The van der Waals surface area contributed by atoms with Gasteiger partial charge in [-0.15, -0.1) is 0 Å². The lowest BCUT2D eigenvalue weighted by molar-refractivity contribution is 0.606. The van der Waals surface area contributed by atoms with Crippen molar-refractivity contribution in [3.8, 4) is 11.3 Å². The number of pyridine rings is 1. The van der Waals surface area contributed by atoms with E-state index in [-0.39, 0.29) is 6.04 Å². The molecule has 5 nitrogen and oxygen atoms in total. The van der Waals surface area contributed by atoms with Gasteiger partial charge in [-0.3, -0.25) is 0 Å². The normalized spacial score (nSPS) is 11.7. The topological polar surface area (TPSA) is 55.4 Å². The van der Waals surface area contributed by atoms with E-state index in [0.29, 0.717) is 6.01 Å². The zero-order valence-corrected chi connectivity index (χ0v) is 14.3. The fraction of sp³-hybridized carbons (Fsp3) is 0.263. The SMILES string of the molecule is Cc1ccn2c(C)c(-c3ccc4oc(NC(C)C)nc4c3)nc2c1. The molecule has 4 aromatic rings. The van der Waals surface area contributed by atoms with Gasteiger partial charge in [0.1, 0.15) is 11.2 Å². The van der Waals surface area contributed by atoms with Gasteiger partial charge in [-0.1, -0.05) is 0 Å². The third kappa shape index (κ3) is 2.42. The molecule has 0 aliphatic carbocycles. The lowest BCUT2D eigenvalue weighted by atomic mass is 10.1. The monoisotopic (exact) mass is 320 g/mol. The predicted molar refractivity (Wildman–Crippen MR) is 96.4 cm³/mol. The molecule has 1 N–H and O–H groups in total. The van der Waals surface area contributed by atoms with E-state index in [1.807, 2.05) is 18.2 Å². The van der Waals surface area contributed by atoms with Crippen LogP contribution < -0.4 is 5.32 Å². The Morgan fingerprint density at radius 1 is 1.08 bits per heavy atom. The molecular formula is C19H20N4O. The second-order valence-corrected chi connectivity index (χ2v) is 6.48. The number of nitrogens with zero attached hydrogens (tertiary/aromatic N) is 3. The molecule has 1 aromatic carbocycles. The van der Waals surface area contributed by atoms with Gasteiger partial charge >= 0.3 is 0 Å². The highest BCUT2D eigenvalue weighted by Crippen LogP contribution is 2.28. The molecule has 0 aliphatic rings. The van der Waals surface area contributed by atoms with Crippen LogP contribution in [-0.2, 0) is 0 Å². The molecule has 0 saturated heterocycles. The van der Waals surface area contributed by atoms with Crippen LogP contribution in [0.4, 0.5) is 6.01 Å². The van der Waals surface area contributed by atoms with Crippen LogP contribution in [0.1, 0.15) is 25.1 Å². The fourth-order valence-electron chi connectivity index (χ4n) is 2.93. The smallest absolute Gasteiger partial charge is 0.295 e. The Labute approximate surface area is 140 Å². The minimum Gasteiger partial charge on any atom is -0.424 e. The largest absolute Gasteiger partial charge is 0.424 e. The predicted octanol–water partition coefficient (Wildman–Crippen LogP) is 4.58. The molecule has 0 aliphatic heterocycles. The summed E-state index contributed by atoms with van der Waals surface area (Å²) < 4.78 is 7.84. The molecule has 0 spiro atoms. The fourth-order valence-corrected chi connectivity index (χ4v) is 2.93. The first-order valence-electron chi connectivity index (χ1n) is 8.14. The maximum absolute atomic E-state index is 5.73. The van der Waals surface area contributed by atoms with E-state index in [4.69, 9.17) is 9.40 Å². The molecule has 0 amide bonds. The van der Waals surface area contributed by atoms with Crippen molar-refractivity contribution in [2.24, 2.45) is 0 Å². The Balaban J connectivity index is 1.82. The third-order valence-electron chi connectivity index (χ3n) is 4.09. The molecule has 0 radical (unpaired) electrons. The molecule has 0 bridgehead atoms. The summed E-state index contributed by atoms with van der Waals surface area (Å²) in [6, 6.07) is 11.0. The number of oxazole rings is 1. The highest BCUT2D eigenvalue weighted by molar-refractivity contribution is 5.81. The lowest BCUT2D eigenvalue weighted by Crippen LogP contribution is -2.09. The first kappa shape index (κ1) is 14.8. The summed E-state index contributed by atoms with van der Waals surface area (Å²) in [7, 11) is 0.